The van der Waals surface area contributed by atoms with Gasteiger partial charge in [0.15, 0.2) is 0 Å². The van der Waals surface area contributed by atoms with Crippen molar-refractivity contribution < 1.29 is 4.79 Å². The topological polar surface area (TPSA) is 54.0 Å². The molecule has 2 rings (SSSR count). The smallest absolute Gasteiger partial charge is 0.220 e. The maximum Gasteiger partial charge on any atom is 0.220 e. The Hall–Kier alpha value is -1.42. The van der Waals surface area contributed by atoms with E-state index < -0.39 is 0 Å². The van der Waals surface area contributed by atoms with Crippen molar-refractivity contribution in [3.8, 4) is 0 Å². The first-order chi connectivity index (χ1) is 7.84. The van der Waals surface area contributed by atoms with Crippen molar-refractivity contribution >= 4 is 5.91 Å². The molecule has 2 N–H and O–H groups in total. The number of aromatic nitrogens is 1. The van der Waals surface area contributed by atoms with Crippen LogP contribution in [0.2, 0.25) is 0 Å². The monoisotopic (exact) mass is 219 g/mol. The van der Waals surface area contributed by atoms with E-state index in [1.54, 1.807) is 6.20 Å². The van der Waals surface area contributed by atoms with E-state index >= 15 is 0 Å². The molecule has 1 aromatic rings. The van der Waals surface area contributed by atoms with Crippen LogP contribution in [0.4, 0.5) is 0 Å². The molecule has 0 saturated carbocycles. The minimum Gasteiger partial charge on any atom is -0.352 e. The SMILES string of the molecule is O=C(CCc1cccnc1)N[C@H]1CCNC1. The van der Waals surface area contributed by atoms with Gasteiger partial charge in [-0.25, -0.2) is 0 Å². The van der Waals surface area contributed by atoms with E-state index in [-0.39, 0.29) is 5.91 Å². The summed E-state index contributed by atoms with van der Waals surface area (Å²) < 4.78 is 0. The molecule has 1 amide bonds. The highest BCUT2D eigenvalue weighted by Crippen LogP contribution is 2.02. The van der Waals surface area contributed by atoms with Gasteiger partial charge in [-0.2, -0.15) is 0 Å². The van der Waals surface area contributed by atoms with Crippen LogP contribution in [0.3, 0.4) is 0 Å². The van der Waals surface area contributed by atoms with Crippen LogP contribution in [0.15, 0.2) is 24.5 Å². The van der Waals surface area contributed by atoms with Crippen molar-refractivity contribution in [3.63, 3.8) is 0 Å². The fraction of sp³-hybridized carbons (Fsp3) is 0.500. The first-order valence-electron chi connectivity index (χ1n) is 5.73. The van der Waals surface area contributed by atoms with Gasteiger partial charge in [0.2, 0.25) is 5.91 Å². The molecule has 2 heterocycles. The van der Waals surface area contributed by atoms with Crippen molar-refractivity contribution in [1.29, 1.82) is 0 Å². The lowest BCUT2D eigenvalue weighted by Gasteiger charge is -2.10. The van der Waals surface area contributed by atoms with E-state index in [1.165, 1.54) is 0 Å². The van der Waals surface area contributed by atoms with Gasteiger partial charge in [0.25, 0.3) is 0 Å². The molecule has 0 aromatic carbocycles. The summed E-state index contributed by atoms with van der Waals surface area (Å²) in [5.41, 5.74) is 1.11. The van der Waals surface area contributed by atoms with E-state index in [2.05, 4.69) is 15.6 Å². The Bertz CT molecular complexity index is 333. The van der Waals surface area contributed by atoms with Crippen LogP contribution in [0.1, 0.15) is 18.4 Å². The second-order valence-electron chi connectivity index (χ2n) is 4.12. The van der Waals surface area contributed by atoms with Crippen molar-refractivity contribution in [1.82, 2.24) is 15.6 Å². The van der Waals surface area contributed by atoms with Crippen LogP contribution in [0.5, 0.6) is 0 Å². The van der Waals surface area contributed by atoms with Crippen LogP contribution in [0.25, 0.3) is 0 Å². The Morgan fingerprint density at radius 2 is 2.56 bits per heavy atom. The van der Waals surface area contributed by atoms with E-state index in [0.717, 1.165) is 31.5 Å². The summed E-state index contributed by atoms with van der Waals surface area (Å²) in [6, 6.07) is 4.22. The second-order valence-corrected chi connectivity index (χ2v) is 4.12. The Kier molecular flexibility index (Phi) is 3.88. The standard InChI is InChI=1S/C12H17N3O/c16-12(15-11-5-7-14-9-11)4-3-10-2-1-6-13-8-10/h1-2,6,8,11,14H,3-5,7,9H2,(H,15,16)/t11-/m0/s1. The van der Waals surface area contributed by atoms with Gasteiger partial charge in [-0.3, -0.25) is 9.78 Å². The number of amides is 1. The fourth-order valence-corrected chi connectivity index (χ4v) is 1.88. The lowest BCUT2D eigenvalue weighted by Crippen LogP contribution is -2.36. The lowest BCUT2D eigenvalue weighted by atomic mass is 10.1. The number of carbonyl (C=O) groups is 1. The highest BCUT2D eigenvalue weighted by Gasteiger charge is 2.16. The molecule has 0 bridgehead atoms. The molecule has 0 aliphatic carbocycles. The average molecular weight is 219 g/mol. The summed E-state index contributed by atoms with van der Waals surface area (Å²) >= 11 is 0. The summed E-state index contributed by atoms with van der Waals surface area (Å²) in [4.78, 5) is 15.6. The molecule has 4 nitrogen and oxygen atoms in total. The Morgan fingerprint density at radius 3 is 3.25 bits per heavy atom. The minimum atomic E-state index is 0.137. The molecule has 0 radical (unpaired) electrons. The zero-order chi connectivity index (χ0) is 11.2. The van der Waals surface area contributed by atoms with Gasteiger partial charge in [0.1, 0.15) is 0 Å². The maximum atomic E-state index is 11.6. The predicted molar refractivity (Wildman–Crippen MR) is 62.0 cm³/mol. The molecule has 1 aliphatic heterocycles. The van der Waals surface area contributed by atoms with Gasteiger partial charge < -0.3 is 10.6 Å². The molecule has 1 atom stereocenters. The van der Waals surface area contributed by atoms with Crippen molar-refractivity contribution in [3.05, 3.63) is 30.1 Å². The van der Waals surface area contributed by atoms with Gasteiger partial charge in [-0.15, -0.1) is 0 Å². The number of carbonyl (C=O) groups excluding carboxylic acids is 1. The third kappa shape index (κ3) is 3.31. The summed E-state index contributed by atoms with van der Waals surface area (Å²) in [6.07, 6.45) is 5.90. The van der Waals surface area contributed by atoms with Crippen LogP contribution >= 0.6 is 0 Å². The van der Waals surface area contributed by atoms with Crippen LogP contribution in [-0.2, 0) is 11.2 Å². The molecule has 4 heteroatoms. The zero-order valence-electron chi connectivity index (χ0n) is 9.28. The number of hydrogen-bond acceptors (Lipinski definition) is 3. The third-order valence-electron chi connectivity index (χ3n) is 2.79. The predicted octanol–water partition coefficient (Wildman–Crippen LogP) is 0.492. The van der Waals surface area contributed by atoms with E-state index in [1.807, 2.05) is 18.3 Å². The number of nitrogens with one attached hydrogen (secondary N) is 2. The summed E-state index contributed by atoms with van der Waals surface area (Å²) in [5.74, 6) is 0.137. The highest BCUT2D eigenvalue weighted by molar-refractivity contribution is 5.76. The Balaban J connectivity index is 1.71. The average Bonchev–Trinajstić information content (AvgIpc) is 2.81. The molecule has 1 saturated heterocycles. The fourth-order valence-electron chi connectivity index (χ4n) is 1.88. The van der Waals surface area contributed by atoms with Crippen LogP contribution < -0.4 is 10.6 Å². The van der Waals surface area contributed by atoms with Crippen molar-refractivity contribution in [2.24, 2.45) is 0 Å². The minimum absolute atomic E-state index is 0.137. The molecule has 1 fully saturated rings. The summed E-state index contributed by atoms with van der Waals surface area (Å²) in [5, 5.41) is 6.25. The van der Waals surface area contributed by atoms with E-state index in [9.17, 15) is 4.79 Å². The van der Waals surface area contributed by atoms with Crippen LogP contribution in [-0.4, -0.2) is 30.0 Å². The molecule has 1 aromatic heterocycles. The number of pyridine rings is 1. The van der Waals surface area contributed by atoms with Crippen LogP contribution in [0, 0.1) is 0 Å². The Labute approximate surface area is 95.5 Å². The number of rotatable bonds is 4. The normalized spacial score (nSPS) is 19.6. The molecular formula is C12H17N3O. The highest BCUT2D eigenvalue weighted by atomic mass is 16.1. The van der Waals surface area contributed by atoms with Gasteiger partial charge in [0, 0.05) is 31.4 Å². The number of nitrogens with zero attached hydrogens (tertiary/aromatic N) is 1. The summed E-state index contributed by atoms with van der Waals surface area (Å²) in [7, 11) is 0. The van der Waals surface area contributed by atoms with E-state index in [4.69, 9.17) is 0 Å². The number of hydrogen-bond donors (Lipinski definition) is 2. The molecule has 86 valence electrons. The third-order valence-corrected chi connectivity index (χ3v) is 2.79. The molecular weight excluding hydrogens is 202 g/mol. The van der Waals surface area contributed by atoms with Gasteiger partial charge in [-0.05, 0) is 31.0 Å². The van der Waals surface area contributed by atoms with E-state index in [0.29, 0.717) is 12.5 Å². The summed E-state index contributed by atoms with van der Waals surface area (Å²) in [6.45, 7) is 1.91. The molecule has 0 spiro atoms. The van der Waals surface area contributed by atoms with Crippen molar-refractivity contribution in [2.45, 2.75) is 25.3 Å². The largest absolute Gasteiger partial charge is 0.352 e. The van der Waals surface area contributed by atoms with Gasteiger partial charge in [0.05, 0.1) is 0 Å². The first-order valence-corrected chi connectivity index (χ1v) is 5.73. The maximum absolute atomic E-state index is 11.6. The zero-order valence-corrected chi connectivity index (χ0v) is 9.28. The number of aryl methyl sites for hydroxylation is 1. The first kappa shape index (κ1) is 11.1. The molecule has 0 unspecified atom stereocenters. The van der Waals surface area contributed by atoms with Gasteiger partial charge >= 0.3 is 0 Å². The molecule has 1 aliphatic rings. The molecule has 16 heavy (non-hydrogen) atoms. The second kappa shape index (κ2) is 5.61. The lowest BCUT2D eigenvalue weighted by molar-refractivity contribution is -0.121. The quantitative estimate of drug-likeness (QED) is 0.775. The van der Waals surface area contributed by atoms with Crippen molar-refractivity contribution in [2.75, 3.05) is 13.1 Å². The Morgan fingerprint density at radius 1 is 1.62 bits per heavy atom. The van der Waals surface area contributed by atoms with Gasteiger partial charge in [-0.1, -0.05) is 6.07 Å².